The molecule has 0 amide bonds. The van der Waals surface area contributed by atoms with Crippen LogP contribution in [0.4, 0.5) is 0 Å². The van der Waals surface area contributed by atoms with Crippen molar-refractivity contribution in [3.63, 3.8) is 0 Å². The van der Waals surface area contributed by atoms with Crippen molar-refractivity contribution >= 4 is 0 Å². The smallest absolute Gasteiger partial charge is 0.0113 e. The first kappa shape index (κ1) is 16.3. The Bertz CT molecular complexity index is 369. The first-order valence-electron chi connectivity index (χ1n) is 10.1. The molecular formula is C19H36N4. The maximum absolute atomic E-state index is 3.50. The van der Waals surface area contributed by atoms with E-state index in [1.165, 1.54) is 97.4 Å². The van der Waals surface area contributed by atoms with Crippen LogP contribution in [0, 0.1) is 11.3 Å². The largest absolute Gasteiger partial charge is 0.317 e. The lowest BCUT2D eigenvalue weighted by molar-refractivity contribution is -0.0555. The summed E-state index contributed by atoms with van der Waals surface area (Å²) in [5, 5.41) is 3.50. The molecule has 0 radical (unpaired) electrons. The van der Waals surface area contributed by atoms with Crippen LogP contribution in [0.1, 0.15) is 38.5 Å². The maximum atomic E-state index is 3.50. The van der Waals surface area contributed by atoms with Gasteiger partial charge >= 0.3 is 0 Å². The van der Waals surface area contributed by atoms with Gasteiger partial charge in [0.1, 0.15) is 0 Å². The summed E-state index contributed by atoms with van der Waals surface area (Å²) in [6.45, 7) is 11.8. The second-order valence-electron chi connectivity index (χ2n) is 8.90. The molecule has 0 bridgehead atoms. The highest BCUT2D eigenvalue weighted by atomic mass is 15.3. The Hall–Kier alpha value is -0.160. The topological polar surface area (TPSA) is 21.8 Å². The van der Waals surface area contributed by atoms with Gasteiger partial charge in [0, 0.05) is 38.8 Å². The molecule has 1 saturated carbocycles. The Balaban J connectivity index is 1.19. The van der Waals surface area contributed by atoms with Gasteiger partial charge in [-0.15, -0.1) is 0 Å². The van der Waals surface area contributed by atoms with E-state index in [1.807, 2.05) is 0 Å². The van der Waals surface area contributed by atoms with E-state index in [2.05, 4.69) is 27.1 Å². The van der Waals surface area contributed by atoms with E-state index in [1.54, 1.807) is 0 Å². The van der Waals surface area contributed by atoms with Crippen LogP contribution >= 0.6 is 0 Å². The van der Waals surface area contributed by atoms with Gasteiger partial charge in [0.25, 0.3) is 0 Å². The van der Waals surface area contributed by atoms with Crippen molar-refractivity contribution in [2.75, 3.05) is 66.0 Å². The zero-order valence-electron chi connectivity index (χ0n) is 15.1. The van der Waals surface area contributed by atoms with Crippen LogP contribution in [-0.4, -0.2) is 86.7 Å². The highest BCUT2D eigenvalue weighted by Gasteiger charge is 2.47. The van der Waals surface area contributed by atoms with Crippen molar-refractivity contribution in [1.29, 1.82) is 0 Å². The summed E-state index contributed by atoms with van der Waals surface area (Å²) in [4.78, 5) is 8.04. The number of rotatable bonds is 3. The van der Waals surface area contributed by atoms with Crippen LogP contribution < -0.4 is 5.32 Å². The molecule has 4 heteroatoms. The van der Waals surface area contributed by atoms with Crippen LogP contribution in [0.25, 0.3) is 0 Å². The average Bonchev–Trinajstić information content (AvgIpc) is 2.56. The number of likely N-dealkylation sites (N-methyl/N-ethyl adjacent to an activating group) is 1. The molecule has 3 aliphatic heterocycles. The number of likely N-dealkylation sites (tertiary alicyclic amines) is 1. The first-order chi connectivity index (χ1) is 11.2. The average molecular weight is 321 g/mol. The summed E-state index contributed by atoms with van der Waals surface area (Å²) in [7, 11) is 2.26. The molecule has 4 rings (SSSR count). The summed E-state index contributed by atoms with van der Waals surface area (Å²) in [5.41, 5.74) is 0.735. The SMILES string of the molecule is CN1CCN(C2CC3(CCN(CC4CCNCC4)CC3)C2)CC1. The second-order valence-corrected chi connectivity index (χ2v) is 8.90. The lowest BCUT2D eigenvalue weighted by Crippen LogP contribution is -2.58. The number of nitrogens with one attached hydrogen (secondary N) is 1. The molecule has 3 saturated heterocycles. The number of hydrogen-bond acceptors (Lipinski definition) is 4. The minimum atomic E-state index is 0.735. The van der Waals surface area contributed by atoms with Crippen molar-refractivity contribution in [3.8, 4) is 0 Å². The summed E-state index contributed by atoms with van der Waals surface area (Å²) < 4.78 is 0. The van der Waals surface area contributed by atoms with Crippen LogP contribution in [0.15, 0.2) is 0 Å². The standard InChI is InChI=1S/C19H36N4/c1-21-10-12-23(13-11-21)18-14-19(15-18)4-8-22(9-5-19)16-17-2-6-20-7-3-17/h17-18,20H,2-16H2,1H3. The third-order valence-corrected chi connectivity index (χ3v) is 7.28. The molecule has 0 aromatic heterocycles. The van der Waals surface area contributed by atoms with E-state index >= 15 is 0 Å². The summed E-state index contributed by atoms with van der Waals surface area (Å²) >= 11 is 0. The number of piperazine rings is 1. The van der Waals surface area contributed by atoms with E-state index < -0.39 is 0 Å². The Kier molecular flexibility index (Phi) is 4.96. The number of hydrogen-bond donors (Lipinski definition) is 1. The zero-order valence-corrected chi connectivity index (χ0v) is 15.1. The molecule has 132 valence electrons. The Morgan fingerprint density at radius 3 is 2.22 bits per heavy atom. The molecule has 23 heavy (non-hydrogen) atoms. The first-order valence-corrected chi connectivity index (χ1v) is 10.1. The van der Waals surface area contributed by atoms with Crippen LogP contribution in [0.2, 0.25) is 0 Å². The molecule has 4 fully saturated rings. The molecular weight excluding hydrogens is 284 g/mol. The van der Waals surface area contributed by atoms with Crippen LogP contribution in [0.3, 0.4) is 0 Å². The molecule has 0 unspecified atom stereocenters. The number of piperidine rings is 2. The molecule has 0 aromatic carbocycles. The van der Waals surface area contributed by atoms with Gasteiger partial charge in [-0.2, -0.15) is 0 Å². The fourth-order valence-corrected chi connectivity index (χ4v) is 5.43. The van der Waals surface area contributed by atoms with Gasteiger partial charge in [0.05, 0.1) is 0 Å². The lowest BCUT2D eigenvalue weighted by atomic mass is 9.60. The molecule has 1 N–H and O–H groups in total. The van der Waals surface area contributed by atoms with Crippen LogP contribution in [-0.2, 0) is 0 Å². The Morgan fingerprint density at radius 1 is 0.913 bits per heavy atom. The van der Waals surface area contributed by atoms with Gasteiger partial charge in [0.15, 0.2) is 0 Å². The monoisotopic (exact) mass is 320 g/mol. The zero-order chi connectivity index (χ0) is 15.7. The predicted octanol–water partition coefficient (Wildman–Crippen LogP) is 1.48. The van der Waals surface area contributed by atoms with Gasteiger partial charge in [0.2, 0.25) is 0 Å². The molecule has 1 aliphatic carbocycles. The molecule has 1 spiro atoms. The van der Waals surface area contributed by atoms with Gasteiger partial charge in [-0.3, -0.25) is 4.90 Å². The van der Waals surface area contributed by atoms with E-state index in [4.69, 9.17) is 0 Å². The molecule has 4 nitrogen and oxygen atoms in total. The lowest BCUT2D eigenvalue weighted by Gasteiger charge is -2.56. The fraction of sp³-hybridized carbons (Fsp3) is 1.00. The Labute approximate surface area is 142 Å². The minimum absolute atomic E-state index is 0.735. The number of nitrogens with zero attached hydrogens (tertiary/aromatic N) is 3. The van der Waals surface area contributed by atoms with Crippen molar-refractivity contribution in [3.05, 3.63) is 0 Å². The van der Waals surface area contributed by atoms with Crippen molar-refractivity contribution in [2.24, 2.45) is 11.3 Å². The van der Waals surface area contributed by atoms with E-state index in [0.717, 1.165) is 17.4 Å². The minimum Gasteiger partial charge on any atom is -0.317 e. The quantitative estimate of drug-likeness (QED) is 0.850. The van der Waals surface area contributed by atoms with Gasteiger partial charge < -0.3 is 15.1 Å². The normalized spacial score (nSPS) is 32.2. The van der Waals surface area contributed by atoms with Crippen LogP contribution in [0.5, 0.6) is 0 Å². The van der Waals surface area contributed by atoms with Crippen molar-refractivity contribution < 1.29 is 0 Å². The van der Waals surface area contributed by atoms with Gasteiger partial charge in [-0.05, 0) is 83.1 Å². The predicted molar refractivity (Wildman–Crippen MR) is 95.8 cm³/mol. The molecule has 0 atom stereocenters. The third-order valence-electron chi connectivity index (χ3n) is 7.28. The van der Waals surface area contributed by atoms with E-state index in [9.17, 15) is 0 Å². The van der Waals surface area contributed by atoms with Crippen molar-refractivity contribution in [2.45, 2.75) is 44.6 Å². The highest BCUT2D eigenvalue weighted by Crippen LogP contribution is 2.51. The summed E-state index contributed by atoms with van der Waals surface area (Å²) in [5.74, 6) is 0.963. The van der Waals surface area contributed by atoms with Gasteiger partial charge in [-0.1, -0.05) is 0 Å². The fourth-order valence-electron chi connectivity index (χ4n) is 5.43. The van der Waals surface area contributed by atoms with E-state index in [0.29, 0.717) is 0 Å². The Morgan fingerprint density at radius 2 is 1.57 bits per heavy atom. The van der Waals surface area contributed by atoms with Gasteiger partial charge in [-0.25, -0.2) is 0 Å². The van der Waals surface area contributed by atoms with E-state index in [-0.39, 0.29) is 0 Å². The second kappa shape index (κ2) is 6.99. The molecule has 0 aromatic rings. The summed E-state index contributed by atoms with van der Waals surface area (Å²) in [6, 6.07) is 0.916. The van der Waals surface area contributed by atoms with Crippen molar-refractivity contribution in [1.82, 2.24) is 20.0 Å². The summed E-state index contributed by atoms with van der Waals surface area (Å²) in [6.07, 6.45) is 8.74. The maximum Gasteiger partial charge on any atom is 0.0113 e. The molecule has 3 heterocycles. The highest BCUT2D eigenvalue weighted by molar-refractivity contribution is 5.02. The third kappa shape index (κ3) is 3.76. The molecule has 4 aliphatic rings.